The molecule has 0 fully saturated rings. The van der Waals surface area contributed by atoms with E-state index in [-0.39, 0.29) is 5.97 Å². The van der Waals surface area contributed by atoms with Crippen LogP contribution in [0, 0.1) is 0 Å². The number of ether oxygens (including phenoxy) is 2. The number of nitrogens with two attached hydrogens (primary N) is 1. The highest BCUT2D eigenvalue weighted by Gasteiger charge is 2.20. The maximum absolute atomic E-state index is 11.6. The van der Waals surface area contributed by atoms with Gasteiger partial charge in [0.05, 0.1) is 13.7 Å². The largest absolute Gasteiger partial charge is 0.496 e. The molecule has 0 bridgehead atoms. The quantitative estimate of drug-likeness (QED) is 0.820. The van der Waals surface area contributed by atoms with Gasteiger partial charge in [-0.05, 0) is 48.9 Å². The predicted octanol–water partition coefficient (Wildman–Crippen LogP) is 1.62. The lowest BCUT2D eigenvalue weighted by molar-refractivity contribution is -0.144. The zero-order chi connectivity index (χ0) is 13.8. The molecular formula is C15H21NO3. The minimum Gasteiger partial charge on any atom is -0.496 e. The van der Waals surface area contributed by atoms with E-state index in [1.54, 1.807) is 14.0 Å². The Morgan fingerprint density at radius 3 is 2.68 bits per heavy atom. The number of methoxy groups -OCH3 is 1. The van der Waals surface area contributed by atoms with Crippen LogP contribution in [0.1, 0.15) is 30.0 Å². The first-order chi connectivity index (χ1) is 9.15. The molecule has 0 heterocycles. The molecule has 4 nitrogen and oxygen atoms in total. The van der Waals surface area contributed by atoms with Crippen LogP contribution in [0.25, 0.3) is 0 Å². The van der Waals surface area contributed by atoms with Gasteiger partial charge in [0.2, 0.25) is 0 Å². The highest BCUT2D eigenvalue weighted by atomic mass is 16.5. The Balaban J connectivity index is 2.17. The summed E-state index contributed by atoms with van der Waals surface area (Å²) < 4.78 is 10.3. The van der Waals surface area contributed by atoms with Crippen molar-refractivity contribution in [2.45, 2.75) is 38.6 Å². The fourth-order valence-electron chi connectivity index (χ4n) is 2.57. The summed E-state index contributed by atoms with van der Waals surface area (Å²) in [4.78, 5) is 11.6. The predicted molar refractivity (Wildman–Crippen MR) is 73.3 cm³/mol. The number of benzene rings is 1. The lowest BCUT2D eigenvalue weighted by atomic mass is 10.00. The lowest BCUT2D eigenvalue weighted by Gasteiger charge is -2.15. The molecule has 1 aliphatic rings. The van der Waals surface area contributed by atoms with Gasteiger partial charge in [-0.25, -0.2) is 0 Å². The van der Waals surface area contributed by atoms with Crippen molar-refractivity contribution in [3.05, 3.63) is 28.8 Å². The maximum atomic E-state index is 11.6. The molecule has 0 amide bonds. The summed E-state index contributed by atoms with van der Waals surface area (Å²) in [6.45, 7) is 2.13. The third-order valence-corrected chi connectivity index (χ3v) is 3.52. The van der Waals surface area contributed by atoms with Gasteiger partial charge in [0.1, 0.15) is 11.8 Å². The highest BCUT2D eigenvalue weighted by Crippen LogP contribution is 2.30. The molecule has 0 saturated heterocycles. The Kier molecular flexibility index (Phi) is 4.43. The fourth-order valence-corrected chi connectivity index (χ4v) is 2.57. The molecule has 1 atom stereocenters. The summed E-state index contributed by atoms with van der Waals surface area (Å²) in [5, 5.41) is 0. The number of fused-ring (bicyclic) bond motifs is 1. The Morgan fingerprint density at radius 1 is 1.37 bits per heavy atom. The third kappa shape index (κ3) is 3.07. The summed E-state index contributed by atoms with van der Waals surface area (Å²) in [5.74, 6) is 0.463. The molecule has 0 saturated carbocycles. The minimum absolute atomic E-state index is 0.355. The van der Waals surface area contributed by atoms with E-state index in [2.05, 4.69) is 12.1 Å². The van der Waals surface area contributed by atoms with E-state index >= 15 is 0 Å². The summed E-state index contributed by atoms with van der Waals surface area (Å²) in [6.07, 6.45) is 3.85. The molecule has 2 rings (SSSR count). The number of hydrogen-bond donors (Lipinski definition) is 1. The monoisotopic (exact) mass is 263 g/mol. The van der Waals surface area contributed by atoms with Crippen molar-refractivity contribution in [1.29, 1.82) is 0 Å². The van der Waals surface area contributed by atoms with Crippen molar-refractivity contribution in [2.75, 3.05) is 13.7 Å². The van der Waals surface area contributed by atoms with Gasteiger partial charge in [0.15, 0.2) is 0 Å². The fraction of sp³-hybridized carbons (Fsp3) is 0.533. The van der Waals surface area contributed by atoms with Crippen molar-refractivity contribution in [1.82, 2.24) is 0 Å². The summed E-state index contributed by atoms with van der Waals surface area (Å²) in [6, 6.07) is 3.57. The van der Waals surface area contributed by atoms with Crippen molar-refractivity contribution < 1.29 is 14.3 Å². The number of esters is 1. The zero-order valence-corrected chi connectivity index (χ0v) is 11.6. The zero-order valence-electron chi connectivity index (χ0n) is 11.6. The van der Waals surface area contributed by atoms with Crippen LogP contribution in [0.5, 0.6) is 5.75 Å². The standard InChI is InChI=1S/C15H21NO3/c1-3-19-15(17)13(16)8-12-7-10-5-4-6-11(10)9-14(12)18-2/h7,9,13H,3-6,8,16H2,1-2H3. The van der Waals surface area contributed by atoms with Crippen LogP contribution in [-0.4, -0.2) is 25.7 Å². The molecule has 0 radical (unpaired) electrons. The topological polar surface area (TPSA) is 61.5 Å². The number of rotatable bonds is 5. The molecule has 104 valence electrons. The van der Waals surface area contributed by atoms with Crippen LogP contribution in [-0.2, 0) is 28.8 Å². The van der Waals surface area contributed by atoms with Crippen LogP contribution >= 0.6 is 0 Å². The lowest BCUT2D eigenvalue weighted by Crippen LogP contribution is -2.34. The Labute approximate surface area is 113 Å². The first-order valence-electron chi connectivity index (χ1n) is 6.76. The van der Waals surface area contributed by atoms with E-state index in [4.69, 9.17) is 15.2 Å². The molecule has 0 spiro atoms. The van der Waals surface area contributed by atoms with E-state index in [0.29, 0.717) is 13.0 Å². The molecule has 0 aliphatic heterocycles. The molecule has 0 aromatic heterocycles. The molecule has 4 heteroatoms. The van der Waals surface area contributed by atoms with E-state index in [9.17, 15) is 4.79 Å². The summed E-state index contributed by atoms with van der Waals surface area (Å²) in [5.41, 5.74) is 9.57. The van der Waals surface area contributed by atoms with Gasteiger partial charge in [0, 0.05) is 6.42 Å². The molecule has 2 N–H and O–H groups in total. The van der Waals surface area contributed by atoms with E-state index in [1.165, 1.54) is 17.5 Å². The second kappa shape index (κ2) is 6.06. The van der Waals surface area contributed by atoms with Gasteiger partial charge < -0.3 is 15.2 Å². The summed E-state index contributed by atoms with van der Waals surface area (Å²) >= 11 is 0. The summed E-state index contributed by atoms with van der Waals surface area (Å²) in [7, 11) is 1.65. The van der Waals surface area contributed by atoms with Crippen molar-refractivity contribution in [3.8, 4) is 5.75 Å². The molecular weight excluding hydrogens is 242 g/mol. The third-order valence-electron chi connectivity index (χ3n) is 3.52. The van der Waals surface area contributed by atoms with E-state index in [0.717, 1.165) is 24.2 Å². The van der Waals surface area contributed by atoms with Gasteiger partial charge >= 0.3 is 5.97 Å². The van der Waals surface area contributed by atoms with E-state index < -0.39 is 6.04 Å². The maximum Gasteiger partial charge on any atom is 0.323 e. The van der Waals surface area contributed by atoms with Gasteiger partial charge in [-0.3, -0.25) is 4.79 Å². The second-order valence-electron chi connectivity index (χ2n) is 4.85. The first-order valence-corrected chi connectivity index (χ1v) is 6.76. The minimum atomic E-state index is -0.631. The number of carbonyl (C=O) groups is 1. The highest BCUT2D eigenvalue weighted by molar-refractivity contribution is 5.76. The second-order valence-corrected chi connectivity index (χ2v) is 4.85. The van der Waals surface area contributed by atoms with Gasteiger partial charge in [-0.2, -0.15) is 0 Å². The average Bonchev–Trinajstić information content (AvgIpc) is 2.85. The molecule has 1 unspecified atom stereocenters. The smallest absolute Gasteiger partial charge is 0.323 e. The normalized spacial score (nSPS) is 14.9. The molecule has 19 heavy (non-hydrogen) atoms. The Morgan fingerprint density at radius 2 is 2.05 bits per heavy atom. The Hall–Kier alpha value is -1.55. The number of aryl methyl sites for hydroxylation is 2. The van der Waals surface area contributed by atoms with Gasteiger partial charge in [0.25, 0.3) is 0 Å². The van der Waals surface area contributed by atoms with Crippen molar-refractivity contribution in [2.24, 2.45) is 5.73 Å². The van der Waals surface area contributed by atoms with Crippen molar-refractivity contribution >= 4 is 5.97 Å². The molecule has 1 aromatic carbocycles. The number of carbonyl (C=O) groups excluding carboxylic acids is 1. The van der Waals surface area contributed by atoms with E-state index in [1.807, 2.05) is 0 Å². The molecule has 1 aromatic rings. The van der Waals surface area contributed by atoms with Crippen LogP contribution < -0.4 is 10.5 Å². The average molecular weight is 263 g/mol. The number of hydrogen-bond acceptors (Lipinski definition) is 4. The van der Waals surface area contributed by atoms with Crippen molar-refractivity contribution in [3.63, 3.8) is 0 Å². The van der Waals surface area contributed by atoms with Crippen LogP contribution in [0.3, 0.4) is 0 Å². The Bertz CT molecular complexity index is 471. The van der Waals surface area contributed by atoms with Crippen LogP contribution in [0.4, 0.5) is 0 Å². The van der Waals surface area contributed by atoms with Gasteiger partial charge in [-0.15, -0.1) is 0 Å². The SMILES string of the molecule is CCOC(=O)C(N)Cc1cc2c(cc1OC)CCC2. The van der Waals surface area contributed by atoms with Crippen LogP contribution in [0.2, 0.25) is 0 Å². The first kappa shape index (κ1) is 13.9. The van der Waals surface area contributed by atoms with Gasteiger partial charge in [-0.1, -0.05) is 6.07 Å². The molecule has 1 aliphatic carbocycles. The van der Waals surface area contributed by atoms with Crippen LogP contribution in [0.15, 0.2) is 12.1 Å².